The van der Waals surface area contributed by atoms with Crippen molar-refractivity contribution in [2.75, 3.05) is 19.6 Å². The summed E-state index contributed by atoms with van der Waals surface area (Å²) in [7, 11) is 0. The third kappa shape index (κ3) is 5.05. The molecule has 1 amide bonds. The maximum Gasteiger partial charge on any atom is 0.263 e. The van der Waals surface area contributed by atoms with Gasteiger partial charge in [0.1, 0.15) is 5.56 Å². The second-order valence-corrected chi connectivity index (χ2v) is 7.95. The predicted molar refractivity (Wildman–Crippen MR) is 123 cm³/mol. The molecular weight excluding hydrogens is 423 g/mol. The third-order valence-electron chi connectivity index (χ3n) is 5.89. The minimum Gasteiger partial charge on any atom is -0.333 e. The van der Waals surface area contributed by atoms with E-state index >= 15 is 0 Å². The van der Waals surface area contributed by atoms with Gasteiger partial charge in [-0.15, -0.1) is 24.8 Å². The Bertz CT molecular complexity index is 904. The molecule has 1 fully saturated rings. The first kappa shape index (κ1) is 24.4. The first-order valence-electron chi connectivity index (χ1n) is 10.3. The lowest BCUT2D eigenvalue weighted by Crippen LogP contribution is -2.46. The van der Waals surface area contributed by atoms with Crippen LogP contribution >= 0.6 is 24.8 Å². The molecular formula is C22H30Cl2N4O2. The van der Waals surface area contributed by atoms with Crippen LogP contribution in [0, 0.1) is 5.92 Å². The minimum absolute atomic E-state index is 0. The summed E-state index contributed by atoms with van der Waals surface area (Å²) in [6, 6.07) is 9.43. The van der Waals surface area contributed by atoms with Gasteiger partial charge in [0.05, 0.1) is 12.2 Å². The molecule has 6 nitrogen and oxygen atoms in total. The fourth-order valence-electron chi connectivity index (χ4n) is 4.41. The maximum absolute atomic E-state index is 13.3. The molecule has 8 heteroatoms. The molecule has 0 aliphatic carbocycles. The summed E-state index contributed by atoms with van der Waals surface area (Å²) in [5.41, 5.74) is 2.05. The average Bonchev–Trinajstić information content (AvgIpc) is 2.72. The molecule has 0 unspecified atom stereocenters. The summed E-state index contributed by atoms with van der Waals surface area (Å²) in [5.74, 6) is 0.654. The standard InChI is InChI=1S/C22H28N4O2.2ClH/c1-2-3-10-25(15-18-6-4-5-9-24-18)21(27)19-7-8-20-17-11-16(12-23-13-17)14-26(20)22(19)28;;/h4-9,16-17,23H,2-3,10-15H2,1H3;2*1H/t16-,17+;;/m0../s1. The Balaban J connectivity index is 0.00000160. The number of amides is 1. The van der Waals surface area contributed by atoms with Crippen molar-refractivity contribution in [1.82, 2.24) is 19.8 Å². The highest BCUT2D eigenvalue weighted by Crippen LogP contribution is 2.31. The largest absolute Gasteiger partial charge is 0.333 e. The van der Waals surface area contributed by atoms with Crippen LogP contribution in [0.4, 0.5) is 0 Å². The van der Waals surface area contributed by atoms with E-state index in [4.69, 9.17) is 0 Å². The normalized spacial score (nSPS) is 19.1. The van der Waals surface area contributed by atoms with Crippen LogP contribution in [0.5, 0.6) is 0 Å². The molecule has 2 aromatic rings. The topological polar surface area (TPSA) is 67.2 Å². The van der Waals surface area contributed by atoms with Crippen LogP contribution in [0.25, 0.3) is 0 Å². The number of hydrogen-bond donors (Lipinski definition) is 1. The number of carbonyl (C=O) groups is 1. The summed E-state index contributed by atoms with van der Waals surface area (Å²) in [6.07, 6.45) is 4.76. The smallest absolute Gasteiger partial charge is 0.263 e. The molecule has 0 aromatic carbocycles. The van der Waals surface area contributed by atoms with E-state index in [9.17, 15) is 9.59 Å². The van der Waals surface area contributed by atoms with Crippen molar-refractivity contribution in [3.8, 4) is 0 Å². The Morgan fingerprint density at radius 2 is 2.07 bits per heavy atom. The fourth-order valence-corrected chi connectivity index (χ4v) is 4.41. The van der Waals surface area contributed by atoms with E-state index in [2.05, 4.69) is 17.2 Å². The summed E-state index contributed by atoms with van der Waals surface area (Å²) in [5, 5.41) is 3.46. The van der Waals surface area contributed by atoms with Gasteiger partial charge in [0, 0.05) is 37.4 Å². The van der Waals surface area contributed by atoms with E-state index in [0.717, 1.165) is 43.7 Å². The van der Waals surface area contributed by atoms with E-state index in [1.165, 1.54) is 0 Å². The number of hydrogen-bond acceptors (Lipinski definition) is 4. The number of nitrogens with zero attached hydrogens (tertiary/aromatic N) is 3. The third-order valence-corrected chi connectivity index (χ3v) is 5.89. The van der Waals surface area contributed by atoms with Gasteiger partial charge in [0.25, 0.3) is 11.5 Å². The molecule has 1 saturated heterocycles. The summed E-state index contributed by atoms with van der Waals surface area (Å²) in [6.45, 7) is 5.71. The first-order chi connectivity index (χ1) is 13.7. The molecule has 2 atom stereocenters. The number of carbonyl (C=O) groups excluding carboxylic acids is 1. The molecule has 4 heterocycles. The Morgan fingerprint density at radius 1 is 1.23 bits per heavy atom. The van der Waals surface area contributed by atoms with Crippen molar-refractivity contribution in [3.63, 3.8) is 0 Å². The molecule has 1 N–H and O–H groups in total. The second kappa shape index (κ2) is 10.9. The molecule has 2 aliphatic rings. The van der Waals surface area contributed by atoms with E-state index in [1.807, 2.05) is 28.8 Å². The quantitative estimate of drug-likeness (QED) is 0.730. The van der Waals surface area contributed by atoms with Gasteiger partial charge in [-0.2, -0.15) is 0 Å². The van der Waals surface area contributed by atoms with Crippen molar-refractivity contribution >= 4 is 30.7 Å². The second-order valence-electron chi connectivity index (χ2n) is 7.95. The highest BCUT2D eigenvalue weighted by molar-refractivity contribution is 5.93. The van der Waals surface area contributed by atoms with Crippen molar-refractivity contribution in [1.29, 1.82) is 0 Å². The molecule has 0 spiro atoms. The molecule has 30 heavy (non-hydrogen) atoms. The number of fused-ring (bicyclic) bond motifs is 4. The molecule has 2 aromatic heterocycles. The number of pyridine rings is 2. The lowest BCUT2D eigenvalue weighted by molar-refractivity contribution is 0.0735. The number of aromatic nitrogens is 2. The highest BCUT2D eigenvalue weighted by atomic mass is 35.5. The lowest BCUT2D eigenvalue weighted by Gasteiger charge is -2.37. The first-order valence-corrected chi connectivity index (χ1v) is 10.3. The van der Waals surface area contributed by atoms with E-state index < -0.39 is 0 Å². The minimum atomic E-state index is -0.187. The predicted octanol–water partition coefficient (Wildman–Crippen LogP) is 3.24. The average molecular weight is 453 g/mol. The zero-order valence-electron chi connectivity index (χ0n) is 17.3. The van der Waals surface area contributed by atoms with Gasteiger partial charge in [-0.25, -0.2) is 0 Å². The summed E-state index contributed by atoms with van der Waals surface area (Å²) >= 11 is 0. The van der Waals surface area contributed by atoms with Gasteiger partial charge in [0.15, 0.2) is 0 Å². The van der Waals surface area contributed by atoms with Crippen LogP contribution in [0.2, 0.25) is 0 Å². The number of piperidine rings is 1. The van der Waals surface area contributed by atoms with Crippen molar-refractivity contribution in [2.45, 2.75) is 45.2 Å². The molecule has 164 valence electrons. The van der Waals surface area contributed by atoms with E-state index in [1.54, 1.807) is 17.2 Å². The Morgan fingerprint density at radius 3 is 2.80 bits per heavy atom. The van der Waals surface area contributed by atoms with Crippen molar-refractivity contribution in [2.24, 2.45) is 5.92 Å². The Hall–Kier alpha value is -1.89. The summed E-state index contributed by atoms with van der Waals surface area (Å²) < 4.78 is 1.85. The van der Waals surface area contributed by atoms with Crippen LogP contribution < -0.4 is 10.9 Å². The fraction of sp³-hybridized carbons (Fsp3) is 0.500. The van der Waals surface area contributed by atoms with Gasteiger partial charge in [0.2, 0.25) is 0 Å². The van der Waals surface area contributed by atoms with Crippen LogP contribution in [0.15, 0.2) is 41.3 Å². The van der Waals surface area contributed by atoms with Gasteiger partial charge in [-0.1, -0.05) is 19.4 Å². The van der Waals surface area contributed by atoms with Gasteiger partial charge in [-0.05, 0) is 49.6 Å². The lowest BCUT2D eigenvalue weighted by atomic mass is 9.84. The molecule has 4 rings (SSSR count). The zero-order chi connectivity index (χ0) is 19.5. The monoisotopic (exact) mass is 452 g/mol. The van der Waals surface area contributed by atoms with E-state index in [-0.39, 0.29) is 41.8 Å². The number of halogens is 2. The number of rotatable bonds is 6. The maximum atomic E-state index is 13.3. The van der Waals surface area contributed by atoms with Gasteiger partial charge in [-0.3, -0.25) is 14.6 Å². The Labute approximate surface area is 189 Å². The van der Waals surface area contributed by atoms with Crippen molar-refractivity contribution < 1.29 is 4.79 Å². The van der Waals surface area contributed by atoms with E-state index in [0.29, 0.717) is 31.5 Å². The van der Waals surface area contributed by atoms with Crippen LogP contribution in [-0.2, 0) is 13.1 Å². The van der Waals surface area contributed by atoms with Crippen LogP contribution in [0.3, 0.4) is 0 Å². The SMILES string of the molecule is CCCCN(Cc1ccccn1)C(=O)c1ccc2n(c1=O)C[C@@H]1CNC[C@H]2C1.Cl.Cl. The summed E-state index contributed by atoms with van der Waals surface area (Å²) in [4.78, 5) is 32.6. The highest BCUT2D eigenvalue weighted by Gasteiger charge is 2.32. The molecule has 0 saturated carbocycles. The molecule has 0 radical (unpaired) electrons. The Kier molecular flexibility index (Phi) is 8.89. The van der Waals surface area contributed by atoms with Crippen molar-refractivity contribution in [3.05, 3.63) is 63.8 Å². The molecule has 2 bridgehead atoms. The van der Waals surface area contributed by atoms with Crippen LogP contribution in [-0.4, -0.2) is 40.0 Å². The van der Waals surface area contributed by atoms with Gasteiger partial charge < -0.3 is 14.8 Å². The van der Waals surface area contributed by atoms with Crippen LogP contribution in [0.1, 0.15) is 53.8 Å². The zero-order valence-corrected chi connectivity index (χ0v) is 18.9. The molecule has 2 aliphatic heterocycles. The number of unbranched alkanes of at least 4 members (excludes halogenated alkanes) is 1. The van der Waals surface area contributed by atoms with Gasteiger partial charge >= 0.3 is 0 Å². The number of nitrogens with one attached hydrogen (secondary N) is 1.